The van der Waals surface area contributed by atoms with Gasteiger partial charge in [-0.05, 0) is 64.8 Å². The fourth-order valence-electron chi connectivity index (χ4n) is 4.29. The number of rotatable bonds is 7. The Morgan fingerprint density at radius 2 is 1.67 bits per heavy atom. The molecule has 2 aliphatic heterocycles. The molecule has 0 radical (unpaired) electrons. The average molecular weight is 483 g/mol. The molecule has 0 spiro atoms. The van der Waals surface area contributed by atoms with Crippen LogP contribution in [0, 0.1) is 5.92 Å². The molecule has 33 heavy (non-hydrogen) atoms. The van der Waals surface area contributed by atoms with Crippen LogP contribution in [0.2, 0.25) is 0 Å². The number of ether oxygens (including phenoxy) is 3. The predicted molar refractivity (Wildman–Crippen MR) is 121 cm³/mol. The van der Waals surface area contributed by atoms with Gasteiger partial charge in [0.25, 0.3) is 5.91 Å². The molecule has 0 aromatic heterocycles. The van der Waals surface area contributed by atoms with Gasteiger partial charge in [-0.1, -0.05) is 0 Å². The molecule has 2 saturated heterocycles. The van der Waals surface area contributed by atoms with Crippen LogP contribution in [-0.4, -0.2) is 80.6 Å². The van der Waals surface area contributed by atoms with Crippen LogP contribution in [-0.2, 0) is 29.1 Å². The molecule has 2 aliphatic rings. The Labute approximate surface area is 196 Å². The topological polar surface area (TPSA) is 102 Å². The second kappa shape index (κ2) is 10.8. The first-order valence-electron chi connectivity index (χ1n) is 11.5. The van der Waals surface area contributed by atoms with Crippen LogP contribution in [0.3, 0.4) is 0 Å². The quantitative estimate of drug-likeness (QED) is 0.548. The second-order valence-electron chi connectivity index (χ2n) is 8.66. The van der Waals surface area contributed by atoms with Crippen molar-refractivity contribution >= 4 is 21.9 Å². The van der Waals surface area contributed by atoms with Gasteiger partial charge in [0, 0.05) is 26.2 Å². The Bertz CT molecular complexity index is 917. The maximum atomic E-state index is 12.9. The number of hydrogen-bond acceptors (Lipinski definition) is 7. The third kappa shape index (κ3) is 6.24. The maximum absolute atomic E-state index is 12.9. The van der Waals surface area contributed by atoms with Crippen molar-refractivity contribution in [3.63, 3.8) is 0 Å². The molecule has 0 saturated carbocycles. The molecule has 0 bridgehead atoms. The van der Waals surface area contributed by atoms with Gasteiger partial charge in [-0.25, -0.2) is 8.42 Å². The Hall–Kier alpha value is -2.17. The largest absolute Gasteiger partial charge is 0.494 e. The van der Waals surface area contributed by atoms with E-state index in [-0.39, 0.29) is 36.1 Å². The second-order valence-corrected chi connectivity index (χ2v) is 10.6. The van der Waals surface area contributed by atoms with E-state index in [0.717, 1.165) is 0 Å². The van der Waals surface area contributed by atoms with E-state index in [4.69, 9.17) is 14.2 Å². The highest BCUT2D eigenvalue weighted by Gasteiger charge is 2.35. The molecule has 2 fully saturated rings. The third-order valence-corrected chi connectivity index (χ3v) is 7.84. The van der Waals surface area contributed by atoms with Gasteiger partial charge in [-0.2, -0.15) is 4.31 Å². The summed E-state index contributed by atoms with van der Waals surface area (Å²) >= 11 is 0. The Kier molecular flexibility index (Phi) is 8.36. The molecule has 10 heteroatoms. The first-order valence-corrected chi connectivity index (χ1v) is 12.9. The molecular weight excluding hydrogens is 448 g/mol. The van der Waals surface area contributed by atoms with Gasteiger partial charge in [0.1, 0.15) is 5.75 Å². The molecule has 3 rings (SSSR count). The summed E-state index contributed by atoms with van der Waals surface area (Å²) in [6, 6.07) is 6.33. The number of nitrogens with zero attached hydrogens (tertiary/aromatic N) is 2. The minimum atomic E-state index is -3.65. The zero-order valence-corrected chi connectivity index (χ0v) is 20.5. The molecular formula is C23H34N2O7S. The van der Waals surface area contributed by atoms with Crippen LogP contribution in [0.5, 0.6) is 5.75 Å². The number of amides is 1. The molecule has 9 nitrogen and oxygen atoms in total. The van der Waals surface area contributed by atoms with Crippen LogP contribution in [0.1, 0.15) is 40.5 Å². The van der Waals surface area contributed by atoms with Crippen molar-refractivity contribution in [2.45, 2.75) is 63.7 Å². The molecule has 3 unspecified atom stereocenters. The van der Waals surface area contributed by atoms with Gasteiger partial charge in [0.15, 0.2) is 6.10 Å². The summed E-state index contributed by atoms with van der Waals surface area (Å²) < 4.78 is 43.7. The zero-order chi connectivity index (χ0) is 24.2. The highest BCUT2D eigenvalue weighted by atomic mass is 32.2. The summed E-state index contributed by atoms with van der Waals surface area (Å²) in [4.78, 5) is 27.2. The standard InChI is InChI=1S/C23H34N2O7S/c1-5-30-20-6-8-21(9-7-20)33(28,29)25-12-10-19(11-13-25)23(27)32-18(4)22(26)24-14-16(2)31-17(3)15-24/h6-9,16-19H,5,10-15H2,1-4H3. The summed E-state index contributed by atoms with van der Waals surface area (Å²) in [6.07, 6.45) is -0.325. The van der Waals surface area contributed by atoms with Crippen molar-refractivity contribution in [1.82, 2.24) is 9.21 Å². The van der Waals surface area contributed by atoms with E-state index in [0.29, 0.717) is 38.3 Å². The van der Waals surface area contributed by atoms with E-state index >= 15 is 0 Å². The SMILES string of the molecule is CCOc1ccc(S(=O)(=O)N2CCC(C(=O)OC(C)C(=O)N3CC(C)OC(C)C3)CC2)cc1. The highest BCUT2D eigenvalue weighted by Crippen LogP contribution is 2.26. The Balaban J connectivity index is 1.52. The van der Waals surface area contributed by atoms with E-state index in [1.165, 1.54) is 16.4 Å². The fraction of sp³-hybridized carbons (Fsp3) is 0.652. The number of sulfonamides is 1. The van der Waals surface area contributed by atoms with Crippen LogP contribution >= 0.6 is 0 Å². The number of esters is 1. The third-order valence-electron chi connectivity index (χ3n) is 5.93. The number of benzene rings is 1. The number of hydrogen-bond donors (Lipinski definition) is 0. The summed E-state index contributed by atoms with van der Waals surface area (Å²) in [5, 5.41) is 0. The number of carbonyl (C=O) groups excluding carboxylic acids is 2. The lowest BCUT2D eigenvalue weighted by atomic mass is 9.98. The Morgan fingerprint density at radius 1 is 1.09 bits per heavy atom. The van der Waals surface area contributed by atoms with Crippen molar-refractivity contribution in [1.29, 1.82) is 0 Å². The van der Waals surface area contributed by atoms with Crippen molar-refractivity contribution < 1.29 is 32.2 Å². The first-order chi connectivity index (χ1) is 15.6. The molecule has 1 aromatic rings. The zero-order valence-electron chi connectivity index (χ0n) is 19.7. The van der Waals surface area contributed by atoms with E-state index in [1.54, 1.807) is 24.0 Å². The molecule has 0 N–H and O–H groups in total. The molecule has 1 aromatic carbocycles. The van der Waals surface area contributed by atoms with Gasteiger partial charge in [0.2, 0.25) is 10.0 Å². The van der Waals surface area contributed by atoms with Crippen molar-refractivity contribution in [2.75, 3.05) is 32.8 Å². The average Bonchev–Trinajstić information content (AvgIpc) is 2.78. The van der Waals surface area contributed by atoms with E-state index < -0.39 is 28.0 Å². The predicted octanol–water partition coefficient (Wildman–Crippen LogP) is 2.05. The van der Waals surface area contributed by atoms with Gasteiger partial charge in [-0.3, -0.25) is 9.59 Å². The Morgan fingerprint density at radius 3 is 2.21 bits per heavy atom. The smallest absolute Gasteiger partial charge is 0.309 e. The van der Waals surface area contributed by atoms with Crippen LogP contribution in [0.15, 0.2) is 29.2 Å². The lowest BCUT2D eigenvalue weighted by Crippen LogP contribution is -2.51. The summed E-state index contributed by atoms with van der Waals surface area (Å²) in [7, 11) is -3.65. The van der Waals surface area contributed by atoms with Crippen molar-refractivity contribution in [3.05, 3.63) is 24.3 Å². The van der Waals surface area contributed by atoms with E-state index in [2.05, 4.69) is 0 Å². The number of piperidine rings is 1. The molecule has 184 valence electrons. The summed E-state index contributed by atoms with van der Waals surface area (Å²) in [5.41, 5.74) is 0. The van der Waals surface area contributed by atoms with Gasteiger partial charge >= 0.3 is 5.97 Å². The summed E-state index contributed by atoms with van der Waals surface area (Å²) in [5.74, 6) is -0.513. The van der Waals surface area contributed by atoms with E-state index in [9.17, 15) is 18.0 Å². The lowest BCUT2D eigenvalue weighted by Gasteiger charge is -2.36. The van der Waals surface area contributed by atoms with E-state index in [1.807, 2.05) is 20.8 Å². The minimum Gasteiger partial charge on any atom is -0.494 e. The fourth-order valence-corrected chi connectivity index (χ4v) is 5.76. The number of carbonyl (C=O) groups is 2. The summed E-state index contributed by atoms with van der Waals surface area (Å²) in [6.45, 7) is 9.12. The van der Waals surface area contributed by atoms with Crippen molar-refractivity contribution in [2.24, 2.45) is 5.92 Å². The molecule has 1 amide bonds. The van der Waals surface area contributed by atoms with Crippen LogP contribution < -0.4 is 4.74 Å². The number of morpholine rings is 1. The van der Waals surface area contributed by atoms with Crippen molar-refractivity contribution in [3.8, 4) is 5.75 Å². The monoisotopic (exact) mass is 482 g/mol. The van der Waals surface area contributed by atoms with Crippen LogP contribution in [0.25, 0.3) is 0 Å². The first kappa shape index (κ1) is 25.5. The molecule has 0 aliphatic carbocycles. The van der Waals surface area contributed by atoms with Crippen LogP contribution in [0.4, 0.5) is 0 Å². The highest BCUT2D eigenvalue weighted by molar-refractivity contribution is 7.89. The van der Waals surface area contributed by atoms with Gasteiger partial charge < -0.3 is 19.1 Å². The van der Waals surface area contributed by atoms with Gasteiger partial charge in [-0.15, -0.1) is 0 Å². The minimum absolute atomic E-state index is 0.0674. The van der Waals surface area contributed by atoms with Gasteiger partial charge in [0.05, 0.1) is 29.6 Å². The lowest BCUT2D eigenvalue weighted by molar-refractivity contribution is -0.167. The normalized spacial score (nSPS) is 23.7. The molecule has 3 atom stereocenters. The maximum Gasteiger partial charge on any atom is 0.309 e. The molecule has 2 heterocycles.